The van der Waals surface area contributed by atoms with Gasteiger partial charge in [0, 0.05) is 18.4 Å². The molecule has 0 aliphatic rings. The van der Waals surface area contributed by atoms with E-state index in [0.717, 1.165) is 48.7 Å². The van der Waals surface area contributed by atoms with Gasteiger partial charge in [0.15, 0.2) is 9.84 Å². The molecule has 0 heterocycles. The summed E-state index contributed by atoms with van der Waals surface area (Å²) in [6.07, 6.45) is -4.27. The lowest BCUT2D eigenvalue weighted by Gasteiger charge is -2.14. The molecule has 2 rings (SSSR count). The summed E-state index contributed by atoms with van der Waals surface area (Å²) in [7, 11) is -7.92. The van der Waals surface area contributed by atoms with Crippen LogP contribution in [0.25, 0.3) is 0 Å². The lowest BCUT2D eigenvalue weighted by atomic mass is 10.1. The number of rotatable bonds is 8. The zero-order valence-electron chi connectivity index (χ0n) is 16.5. The molecule has 0 bridgehead atoms. The van der Waals surface area contributed by atoms with E-state index in [4.69, 9.17) is 0 Å². The number of anilines is 1. The Morgan fingerprint density at radius 1 is 1.00 bits per heavy atom. The minimum atomic E-state index is -4.62. The third-order valence-corrected chi connectivity index (χ3v) is 6.66. The molecule has 0 fully saturated rings. The van der Waals surface area contributed by atoms with E-state index in [1.54, 1.807) is 0 Å². The number of hydrogen-bond donors (Lipinski definition) is 2. The molecule has 7 nitrogen and oxygen atoms in total. The van der Waals surface area contributed by atoms with E-state index in [1.807, 2.05) is 4.72 Å². The van der Waals surface area contributed by atoms with Gasteiger partial charge in [0.1, 0.15) is 5.82 Å². The smallest absolute Gasteiger partial charge is 0.352 e. The van der Waals surface area contributed by atoms with Crippen LogP contribution in [0.4, 0.5) is 23.2 Å². The average molecular weight is 494 g/mol. The molecule has 0 aromatic heterocycles. The maximum Gasteiger partial charge on any atom is 0.412 e. The number of amides is 1. The van der Waals surface area contributed by atoms with Gasteiger partial charge in [0.05, 0.1) is 21.0 Å². The average Bonchev–Trinajstić information content (AvgIpc) is 2.66. The van der Waals surface area contributed by atoms with Crippen molar-refractivity contribution in [1.29, 1.82) is 0 Å². The molecule has 2 aromatic carbocycles. The molecule has 13 heteroatoms. The molecule has 174 valence electrons. The van der Waals surface area contributed by atoms with Crippen LogP contribution < -0.4 is 10.0 Å². The molecule has 0 unspecified atom stereocenters. The highest BCUT2D eigenvalue weighted by molar-refractivity contribution is 7.92. The maximum atomic E-state index is 13.7. The van der Waals surface area contributed by atoms with Crippen molar-refractivity contribution in [2.45, 2.75) is 22.4 Å². The third kappa shape index (κ3) is 6.53. The van der Waals surface area contributed by atoms with E-state index >= 15 is 0 Å². The monoisotopic (exact) mass is 494 g/mol. The second kappa shape index (κ2) is 9.28. The van der Waals surface area contributed by atoms with Crippen LogP contribution >= 0.6 is 0 Å². The molecule has 0 atom stereocenters. The van der Waals surface area contributed by atoms with Gasteiger partial charge in [0.25, 0.3) is 15.9 Å². The molecule has 0 aliphatic carbocycles. The Labute approximate surface area is 182 Å². The zero-order valence-corrected chi connectivity index (χ0v) is 18.2. The van der Waals surface area contributed by atoms with Crippen LogP contribution in [0.15, 0.2) is 64.4 Å². The van der Waals surface area contributed by atoms with Crippen LogP contribution in [0.2, 0.25) is 0 Å². The largest absolute Gasteiger partial charge is 0.412 e. The van der Waals surface area contributed by atoms with Crippen molar-refractivity contribution >= 4 is 31.5 Å². The van der Waals surface area contributed by atoms with Crippen molar-refractivity contribution in [3.63, 3.8) is 0 Å². The van der Waals surface area contributed by atoms with E-state index in [2.05, 4.69) is 11.9 Å². The predicted octanol–water partition coefficient (Wildman–Crippen LogP) is 3.27. The topological polar surface area (TPSA) is 109 Å². The van der Waals surface area contributed by atoms with Gasteiger partial charge in [-0.2, -0.15) is 13.2 Å². The normalized spacial score (nSPS) is 12.3. The van der Waals surface area contributed by atoms with Crippen molar-refractivity contribution in [3.05, 3.63) is 66.0 Å². The molecule has 2 N–H and O–H groups in total. The number of benzene rings is 2. The fourth-order valence-corrected chi connectivity index (χ4v) is 4.13. The molecule has 0 saturated carbocycles. The maximum absolute atomic E-state index is 13.7. The lowest BCUT2D eigenvalue weighted by Crippen LogP contribution is -2.27. The van der Waals surface area contributed by atoms with E-state index < -0.39 is 62.0 Å². The third-order valence-electron chi connectivity index (χ3n) is 4.15. The molecule has 0 spiro atoms. The van der Waals surface area contributed by atoms with Crippen molar-refractivity contribution in [1.82, 2.24) is 5.32 Å². The van der Waals surface area contributed by atoms with Gasteiger partial charge < -0.3 is 5.32 Å². The number of sulfone groups is 1. The van der Waals surface area contributed by atoms with Crippen LogP contribution in [0.5, 0.6) is 0 Å². The highest BCUT2D eigenvalue weighted by Gasteiger charge is 2.31. The van der Waals surface area contributed by atoms with Crippen molar-refractivity contribution in [3.8, 4) is 0 Å². The summed E-state index contributed by atoms with van der Waals surface area (Å²) in [6, 6.07) is 6.73. The minimum absolute atomic E-state index is 0.122. The van der Waals surface area contributed by atoms with Crippen molar-refractivity contribution in [2.75, 3.05) is 17.5 Å². The summed E-state index contributed by atoms with van der Waals surface area (Å²) in [5.74, 6) is -1.82. The van der Waals surface area contributed by atoms with Gasteiger partial charge in [-0.05, 0) is 48.9 Å². The van der Waals surface area contributed by atoms with Crippen LogP contribution in [0, 0.1) is 5.82 Å². The van der Waals surface area contributed by atoms with Crippen LogP contribution in [-0.4, -0.2) is 41.7 Å². The first-order valence-corrected chi connectivity index (χ1v) is 12.1. The molecule has 32 heavy (non-hydrogen) atoms. The van der Waals surface area contributed by atoms with E-state index in [0.29, 0.717) is 0 Å². The van der Waals surface area contributed by atoms with Gasteiger partial charge in [-0.1, -0.05) is 6.58 Å². The second-order valence-electron chi connectivity index (χ2n) is 6.65. The standard InChI is InChI=1S/C19H18F4N2O5S2/c1-12(19(21,22)23)9-10-24-18(26)16-8-3-13(20)11-17(16)25-32(29,30)15-6-4-14(5-7-15)31(2,27)28/h3-8,11,25H,1,9-10H2,2H3,(H,24,26). The number of halogens is 4. The van der Waals surface area contributed by atoms with Gasteiger partial charge in [-0.15, -0.1) is 0 Å². The van der Waals surface area contributed by atoms with Gasteiger partial charge in [0.2, 0.25) is 0 Å². The number of sulfonamides is 1. The summed E-state index contributed by atoms with van der Waals surface area (Å²) in [6.45, 7) is 2.44. The number of hydrogen-bond acceptors (Lipinski definition) is 5. The molecule has 1 amide bonds. The summed E-state index contributed by atoms with van der Waals surface area (Å²) >= 11 is 0. The summed E-state index contributed by atoms with van der Waals surface area (Å²) in [4.78, 5) is 11.9. The highest BCUT2D eigenvalue weighted by atomic mass is 32.2. The Kier molecular flexibility index (Phi) is 7.35. The molecular formula is C19H18F4N2O5S2. The Hall–Kier alpha value is -2.93. The highest BCUT2D eigenvalue weighted by Crippen LogP contribution is 2.26. The fourth-order valence-electron chi connectivity index (χ4n) is 2.43. The van der Waals surface area contributed by atoms with E-state index in [9.17, 15) is 39.2 Å². The van der Waals surface area contributed by atoms with Gasteiger partial charge in [-0.3, -0.25) is 9.52 Å². The quantitative estimate of drug-likeness (QED) is 0.433. The second-order valence-corrected chi connectivity index (χ2v) is 10.3. The van der Waals surface area contributed by atoms with Gasteiger partial charge in [-0.25, -0.2) is 21.2 Å². The Balaban J connectivity index is 2.24. The lowest BCUT2D eigenvalue weighted by molar-refractivity contribution is -0.0934. The first-order valence-electron chi connectivity index (χ1n) is 8.77. The van der Waals surface area contributed by atoms with E-state index in [-0.39, 0.29) is 15.4 Å². The molecule has 0 aliphatic heterocycles. The predicted molar refractivity (Wildman–Crippen MR) is 109 cm³/mol. The number of nitrogens with one attached hydrogen (secondary N) is 2. The Morgan fingerprint density at radius 3 is 2.09 bits per heavy atom. The molecule has 2 aromatic rings. The van der Waals surface area contributed by atoms with Gasteiger partial charge >= 0.3 is 6.18 Å². The number of alkyl halides is 3. The zero-order chi connectivity index (χ0) is 24.3. The van der Waals surface area contributed by atoms with Crippen LogP contribution in [-0.2, 0) is 19.9 Å². The first kappa shape index (κ1) is 25.3. The summed E-state index contributed by atoms with van der Waals surface area (Å²) in [5, 5.41) is 2.19. The first-order chi connectivity index (χ1) is 14.6. The van der Waals surface area contributed by atoms with E-state index in [1.165, 1.54) is 0 Å². The van der Waals surface area contributed by atoms with Crippen molar-refractivity contribution in [2.24, 2.45) is 0 Å². The van der Waals surface area contributed by atoms with Crippen molar-refractivity contribution < 1.29 is 39.2 Å². The molecule has 0 radical (unpaired) electrons. The molecular weight excluding hydrogens is 476 g/mol. The summed E-state index contributed by atoms with van der Waals surface area (Å²) < 4.78 is 101. The minimum Gasteiger partial charge on any atom is -0.352 e. The Morgan fingerprint density at radius 2 is 1.56 bits per heavy atom. The Bertz CT molecular complexity index is 1240. The number of carbonyl (C=O) groups excluding carboxylic acids is 1. The SMILES string of the molecule is C=C(CCNC(=O)c1ccc(F)cc1NS(=O)(=O)c1ccc(S(C)(=O)=O)cc1)C(F)(F)F. The number of carbonyl (C=O) groups is 1. The van der Waals surface area contributed by atoms with Crippen LogP contribution in [0.3, 0.4) is 0 Å². The summed E-state index contributed by atoms with van der Waals surface area (Å²) in [5.41, 5.74) is -1.85. The fraction of sp³-hybridized carbons (Fsp3) is 0.211. The molecule has 0 saturated heterocycles. The van der Waals surface area contributed by atoms with Crippen LogP contribution in [0.1, 0.15) is 16.8 Å².